The van der Waals surface area contributed by atoms with Crippen LogP contribution in [-0.4, -0.2) is 17.6 Å². The lowest BCUT2D eigenvalue weighted by atomic mass is 10.1. The van der Waals surface area contributed by atoms with Gasteiger partial charge in [-0.1, -0.05) is 60.2 Å². The van der Waals surface area contributed by atoms with Crippen LogP contribution in [0, 0.1) is 6.92 Å². The van der Waals surface area contributed by atoms with E-state index in [1.165, 1.54) is 0 Å². The van der Waals surface area contributed by atoms with Gasteiger partial charge in [0.2, 0.25) is 0 Å². The molecular weight excluding hydrogens is 250 g/mol. The largest absolute Gasteiger partial charge is 0.378 e. The number of aryl methyl sites for hydroxylation is 1. The Morgan fingerprint density at radius 2 is 1.75 bits per heavy atom. The molecule has 2 rings (SSSR count). The van der Waals surface area contributed by atoms with Gasteiger partial charge in [-0.25, -0.2) is 0 Å². The van der Waals surface area contributed by atoms with Gasteiger partial charge in [-0.15, -0.1) is 0 Å². The van der Waals surface area contributed by atoms with Gasteiger partial charge in [0.05, 0.1) is 0 Å². The van der Waals surface area contributed by atoms with Gasteiger partial charge in [0.25, 0.3) is 5.91 Å². The third-order valence-corrected chi connectivity index (χ3v) is 3.20. The van der Waals surface area contributed by atoms with Crippen molar-refractivity contribution in [3.05, 3.63) is 71.3 Å². The second kappa shape index (κ2) is 6.87. The van der Waals surface area contributed by atoms with Crippen LogP contribution in [0.15, 0.2) is 54.6 Å². The van der Waals surface area contributed by atoms with Crippen LogP contribution in [-0.2, 0) is 11.2 Å². The Balaban J connectivity index is 1.84. The molecule has 0 saturated carbocycles. The molecule has 0 bridgehead atoms. The molecule has 0 aliphatic heterocycles. The number of amides is 1. The van der Waals surface area contributed by atoms with Gasteiger partial charge in [0, 0.05) is 6.54 Å². The van der Waals surface area contributed by atoms with E-state index in [1.807, 2.05) is 49.4 Å². The van der Waals surface area contributed by atoms with Crippen LogP contribution in [0.5, 0.6) is 0 Å². The normalized spacial score (nSPS) is 11.9. The molecule has 0 aromatic heterocycles. The van der Waals surface area contributed by atoms with Gasteiger partial charge < -0.3 is 10.4 Å². The lowest BCUT2D eigenvalue weighted by molar-refractivity contribution is -0.129. The summed E-state index contributed by atoms with van der Waals surface area (Å²) in [5, 5.41) is 12.7. The molecule has 0 radical (unpaired) electrons. The molecule has 0 heterocycles. The minimum Gasteiger partial charge on any atom is -0.378 e. The second-order valence-electron chi connectivity index (χ2n) is 4.84. The third kappa shape index (κ3) is 3.93. The summed E-state index contributed by atoms with van der Waals surface area (Å²) in [6.07, 6.45) is -0.348. The molecule has 0 spiro atoms. The fourth-order valence-electron chi connectivity index (χ4n) is 1.97. The average Bonchev–Trinajstić information content (AvgIpc) is 2.48. The van der Waals surface area contributed by atoms with Crippen LogP contribution in [0.1, 0.15) is 22.8 Å². The summed E-state index contributed by atoms with van der Waals surface area (Å²) in [5.41, 5.74) is 2.89. The first-order valence-corrected chi connectivity index (χ1v) is 6.73. The zero-order chi connectivity index (χ0) is 14.4. The Morgan fingerprint density at radius 3 is 2.40 bits per heavy atom. The van der Waals surface area contributed by atoms with Crippen LogP contribution in [0.4, 0.5) is 0 Å². The van der Waals surface area contributed by atoms with Crippen molar-refractivity contribution in [2.24, 2.45) is 0 Å². The van der Waals surface area contributed by atoms with Crippen molar-refractivity contribution in [2.45, 2.75) is 19.4 Å². The Morgan fingerprint density at radius 1 is 1.10 bits per heavy atom. The summed E-state index contributed by atoms with van der Waals surface area (Å²) in [6.45, 7) is 2.49. The van der Waals surface area contributed by atoms with E-state index >= 15 is 0 Å². The molecule has 3 nitrogen and oxygen atoms in total. The molecular formula is C17H19NO2. The highest BCUT2D eigenvalue weighted by Crippen LogP contribution is 2.13. The highest BCUT2D eigenvalue weighted by atomic mass is 16.3. The summed E-state index contributed by atoms with van der Waals surface area (Å²) in [4.78, 5) is 11.9. The van der Waals surface area contributed by atoms with Crippen molar-refractivity contribution in [3.63, 3.8) is 0 Å². The van der Waals surface area contributed by atoms with E-state index in [0.29, 0.717) is 12.1 Å². The molecule has 0 aliphatic carbocycles. The number of aliphatic hydroxyl groups excluding tert-OH is 1. The van der Waals surface area contributed by atoms with Gasteiger partial charge in [-0.2, -0.15) is 0 Å². The summed E-state index contributed by atoms with van der Waals surface area (Å²) < 4.78 is 0. The number of benzene rings is 2. The zero-order valence-electron chi connectivity index (χ0n) is 11.5. The molecule has 3 heteroatoms. The Labute approximate surface area is 119 Å². The summed E-state index contributed by atoms with van der Waals surface area (Å²) in [7, 11) is 0. The van der Waals surface area contributed by atoms with E-state index in [9.17, 15) is 9.90 Å². The SMILES string of the molecule is Cc1ccc(C(O)C(=O)NCCc2ccccc2)cc1. The van der Waals surface area contributed by atoms with Crippen molar-refractivity contribution in [1.82, 2.24) is 5.32 Å². The quantitative estimate of drug-likeness (QED) is 0.875. The first-order chi connectivity index (χ1) is 9.66. The number of carbonyl (C=O) groups is 1. The number of nitrogens with one attached hydrogen (secondary N) is 1. The zero-order valence-corrected chi connectivity index (χ0v) is 11.5. The summed E-state index contributed by atoms with van der Waals surface area (Å²) in [5.74, 6) is -0.357. The first kappa shape index (κ1) is 14.3. The highest BCUT2D eigenvalue weighted by molar-refractivity contribution is 5.81. The van der Waals surface area contributed by atoms with Crippen LogP contribution in [0.2, 0.25) is 0 Å². The number of aliphatic hydroxyl groups is 1. The number of carbonyl (C=O) groups excluding carboxylic acids is 1. The number of hydrogen-bond acceptors (Lipinski definition) is 2. The Hall–Kier alpha value is -2.13. The molecule has 1 amide bonds. The van der Waals surface area contributed by atoms with Gasteiger partial charge in [0.1, 0.15) is 0 Å². The smallest absolute Gasteiger partial charge is 0.253 e. The van der Waals surface area contributed by atoms with Crippen LogP contribution in [0.25, 0.3) is 0 Å². The van der Waals surface area contributed by atoms with Gasteiger partial charge >= 0.3 is 0 Å². The standard InChI is InChI=1S/C17H19NO2/c1-13-7-9-15(10-8-13)16(19)17(20)18-12-11-14-5-3-2-4-6-14/h2-10,16,19H,11-12H2,1H3,(H,18,20). The Kier molecular flexibility index (Phi) is 4.91. The topological polar surface area (TPSA) is 49.3 Å². The molecule has 2 aromatic rings. The van der Waals surface area contributed by atoms with Gasteiger partial charge in [0.15, 0.2) is 6.10 Å². The summed E-state index contributed by atoms with van der Waals surface area (Å²) >= 11 is 0. The van der Waals surface area contributed by atoms with E-state index in [0.717, 1.165) is 17.5 Å². The van der Waals surface area contributed by atoms with Crippen LogP contribution >= 0.6 is 0 Å². The van der Waals surface area contributed by atoms with E-state index in [2.05, 4.69) is 5.32 Å². The predicted octanol–water partition coefficient (Wildman–Crippen LogP) is 2.39. The molecule has 1 unspecified atom stereocenters. The fourth-order valence-corrected chi connectivity index (χ4v) is 1.97. The third-order valence-electron chi connectivity index (χ3n) is 3.20. The number of rotatable bonds is 5. The predicted molar refractivity (Wildman–Crippen MR) is 79.3 cm³/mol. The van der Waals surface area contributed by atoms with Crippen molar-refractivity contribution >= 4 is 5.91 Å². The maximum atomic E-state index is 11.9. The van der Waals surface area contributed by atoms with Gasteiger partial charge in [-0.3, -0.25) is 4.79 Å². The second-order valence-corrected chi connectivity index (χ2v) is 4.84. The van der Waals surface area contributed by atoms with Crippen molar-refractivity contribution in [2.75, 3.05) is 6.54 Å². The Bertz CT molecular complexity index is 549. The maximum absolute atomic E-state index is 11.9. The lowest BCUT2D eigenvalue weighted by Gasteiger charge is -2.12. The van der Waals surface area contributed by atoms with Crippen molar-refractivity contribution < 1.29 is 9.90 Å². The molecule has 1 atom stereocenters. The van der Waals surface area contributed by atoms with Crippen molar-refractivity contribution in [1.29, 1.82) is 0 Å². The van der Waals surface area contributed by atoms with E-state index in [-0.39, 0.29) is 5.91 Å². The van der Waals surface area contributed by atoms with E-state index in [1.54, 1.807) is 12.1 Å². The van der Waals surface area contributed by atoms with E-state index in [4.69, 9.17) is 0 Å². The van der Waals surface area contributed by atoms with Gasteiger partial charge in [-0.05, 0) is 24.5 Å². The van der Waals surface area contributed by atoms with Crippen molar-refractivity contribution in [3.8, 4) is 0 Å². The first-order valence-electron chi connectivity index (χ1n) is 6.73. The lowest BCUT2D eigenvalue weighted by Crippen LogP contribution is -2.30. The molecule has 0 saturated heterocycles. The average molecular weight is 269 g/mol. The molecule has 0 fully saturated rings. The molecule has 2 aromatic carbocycles. The maximum Gasteiger partial charge on any atom is 0.253 e. The minimum atomic E-state index is -1.11. The molecule has 104 valence electrons. The molecule has 20 heavy (non-hydrogen) atoms. The summed E-state index contributed by atoms with van der Waals surface area (Å²) in [6, 6.07) is 17.3. The fraction of sp³-hybridized carbons (Fsp3) is 0.235. The monoisotopic (exact) mass is 269 g/mol. The highest BCUT2D eigenvalue weighted by Gasteiger charge is 2.16. The van der Waals surface area contributed by atoms with Crippen LogP contribution in [0.3, 0.4) is 0 Å². The van der Waals surface area contributed by atoms with E-state index < -0.39 is 6.10 Å². The number of hydrogen-bond donors (Lipinski definition) is 2. The molecule has 2 N–H and O–H groups in total. The van der Waals surface area contributed by atoms with Crippen LogP contribution < -0.4 is 5.32 Å². The minimum absolute atomic E-state index is 0.357. The molecule has 0 aliphatic rings.